The van der Waals surface area contributed by atoms with Crippen molar-refractivity contribution in [2.75, 3.05) is 0 Å². The van der Waals surface area contributed by atoms with Crippen LogP contribution in [0, 0.1) is 5.92 Å². The molecule has 23 heavy (non-hydrogen) atoms. The molecule has 0 aliphatic heterocycles. The van der Waals surface area contributed by atoms with Gasteiger partial charge in [-0.05, 0) is 0 Å². The Hall–Kier alpha value is -1.54. The summed E-state index contributed by atoms with van der Waals surface area (Å²) in [5, 5.41) is 0. The molecule has 0 unspecified atom stereocenters. The Kier molecular flexibility index (Phi) is 5.22. The third-order valence-corrected chi connectivity index (χ3v) is 19.9. The quantitative estimate of drug-likeness (QED) is 0.565. The monoisotopic (exact) mass is 408 g/mol. The van der Waals surface area contributed by atoms with Gasteiger partial charge in [0.2, 0.25) is 0 Å². The zero-order valence-corrected chi connectivity index (χ0v) is 16.8. The van der Waals surface area contributed by atoms with Crippen LogP contribution in [-0.2, 0) is 0 Å². The van der Waals surface area contributed by atoms with Gasteiger partial charge in [0.25, 0.3) is 0 Å². The van der Waals surface area contributed by atoms with Crippen LogP contribution in [-0.4, -0.2) is 18.4 Å². The van der Waals surface area contributed by atoms with Gasteiger partial charge < -0.3 is 0 Å². The number of rotatable bonds is 5. The molecule has 0 heterocycles. The summed E-state index contributed by atoms with van der Waals surface area (Å²) in [6, 6.07) is 33.8. The first kappa shape index (κ1) is 16.3. The molecule has 0 nitrogen and oxygen atoms in total. The van der Waals surface area contributed by atoms with Gasteiger partial charge >= 0.3 is 144 Å². The zero-order chi connectivity index (χ0) is 16.1. The van der Waals surface area contributed by atoms with Gasteiger partial charge in [0.05, 0.1) is 0 Å². The molecule has 0 spiro atoms. The van der Waals surface area contributed by atoms with Crippen LogP contribution < -0.4 is 10.7 Å². The standard InChI is InChI=1S/3C6H5.C4H9.Sn/c3*1-2-4-6-5-3-1;1-4(2)3;/h3*1-5H;4H,1H2,2-3H3;. The predicted molar refractivity (Wildman–Crippen MR) is 104 cm³/mol. The first-order valence-corrected chi connectivity index (χ1v) is 14.7. The van der Waals surface area contributed by atoms with Crippen molar-refractivity contribution < 1.29 is 0 Å². The van der Waals surface area contributed by atoms with Crippen molar-refractivity contribution in [3.63, 3.8) is 0 Å². The average Bonchev–Trinajstić information content (AvgIpc) is 2.62. The fourth-order valence-corrected chi connectivity index (χ4v) is 18.5. The molecule has 1 heteroatoms. The van der Waals surface area contributed by atoms with E-state index < -0.39 is 18.4 Å². The van der Waals surface area contributed by atoms with Gasteiger partial charge in [0.1, 0.15) is 0 Å². The summed E-state index contributed by atoms with van der Waals surface area (Å²) in [6.45, 7) is 4.72. The molecule has 0 atom stereocenters. The Morgan fingerprint density at radius 3 is 1.13 bits per heavy atom. The second-order valence-electron chi connectivity index (χ2n) is 6.60. The first-order valence-electron chi connectivity index (χ1n) is 8.40. The second-order valence-corrected chi connectivity index (χ2v) is 17.9. The normalized spacial score (nSPS) is 11.6. The Morgan fingerprint density at radius 2 is 0.870 bits per heavy atom. The van der Waals surface area contributed by atoms with Crippen molar-refractivity contribution in [3.8, 4) is 0 Å². The Balaban J connectivity index is 2.30. The van der Waals surface area contributed by atoms with Crippen molar-refractivity contribution in [2.24, 2.45) is 5.92 Å². The molecular formula is C22H24Sn. The summed E-state index contributed by atoms with van der Waals surface area (Å²) in [4.78, 5) is 0. The third kappa shape index (κ3) is 3.37. The molecule has 0 amide bonds. The van der Waals surface area contributed by atoms with E-state index in [1.807, 2.05) is 0 Å². The summed E-state index contributed by atoms with van der Waals surface area (Å²) < 4.78 is 6.03. The Labute approximate surface area is 144 Å². The predicted octanol–water partition coefficient (Wildman–Crippen LogP) is 3.81. The van der Waals surface area contributed by atoms with Crippen molar-refractivity contribution in [2.45, 2.75) is 18.3 Å². The van der Waals surface area contributed by atoms with Crippen LogP contribution in [0.5, 0.6) is 0 Å². The van der Waals surface area contributed by atoms with E-state index in [9.17, 15) is 0 Å². The molecule has 3 aromatic rings. The summed E-state index contributed by atoms with van der Waals surface area (Å²) in [5.74, 6) is 0.686. The maximum atomic E-state index is 2.36. The van der Waals surface area contributed by atoms with Gasteiger partial charge in [-0.3, -0.25) is 0 Å². The van der Waals surface area contributed by atoms with Crippen LogP contribution >= 0.6 is 0 Å². The molecule has 0 aliphatic rings. The average molecular weight is 407 g/mol. The van der Waals surface area contributed by atoms with Crippen molar-refractivity contribution in [1.82, 2.24) is 0 Å². The van der Waals surface area contributed by atoms with Gasteiger partial charge in [-0.2, -0.15) is 0 Å². The second kappa shape index (κ2) is 7.35. The van der Waals surface area contributed by atoms with E-state index in [1.165, 1.54) is 4.44 Å². The molecule has 0 bridgehead atoms. The Morgan fingerprint density at radius 1 is 0.565 bits per heavy atom. The van der Waals surface area contributed by atoms with E-state index in [1.54, 1.807) is 10.7 Å². The molecule has 0 saturated carbocycles. The van der Waals surface area contributed by atoms with E-state index in [2.05, 4.69) is 105 Å². The molecule has 3 aromatic carbocycles. The first-order chi connectivity index (χ1) is 11.2. The molecule has 3 rings (SSSR count). The van der Waals surface area contributed by atoms with Crippen LogP contribution in [0.25, 0.3) is 0 Å². The van der Waals surface area contributed by atoms with E-state index in [0.717, 1.165) is 0 Å². The maximum absolute atomic E-state index is 2.95. The van der Waals surface area contributed by atoms with Crippen molar-refractivity contribution in [3.05, 3.63) is 91.0 Å². The van der Waals surface area contributed by atoms with E-state index >= 15 is 0 Å². The fraction of sp³-hybridized carbons (Fsp3) is 0.182. The number of benzene rings is 3. The van der Waals surface area contributed by atoms with Crippen LogP contribution in [0.2, 0.25) is 4.44 Å². The molecule has 0 saturated heterocycles. The Bertz CT molecular complexity index is 621. The van der Waals surface area contributed by atoms with Crippen LogP contribution in [0.1, 0.15) is 13.8 Å². The van der Waals surface area contributed by atoms with E-state index in [4.69, 9.17) is 0 Å². The van der Waals surface area contributed by atoms with Gasteiger partial charge in [0, 0.05) is 0 Å². The SMILES string of the molecule is CC(C)[CH2][Sn]([c]1ccccc1)([c]1ccccc1)[c]1ccccc1. The molecule has 0 aromatic heterocycles. The summed E-state index contributed by atoms with van der Waals surface area (Å²) in [6.07, 6.45) is 0. The topological polar surface area (TPSA) is 0 Å². The summed E-state index contributed by atoms with van der Waals surface area (Å²) >= 11 is -2.95. The van der Waals surface area contributed by atoms with Gasteiger partial charge in [-0.15, -0.1) is 0 Å². The minimum atomic E-state index is -2.95. The minimum absolute atomic E-state index is 0.686. The van der Waals surface area contributed by atoms with Crippen molar-refractivity contribution >= 4 is 29.1 Å². The zero-order valence-electron chi connectivity index (χ0n) is 13.9. The van der Waals surface area contributed by atoms with Crippen LogP contribution in [0.15, 0.2) is 91.0 Å². The molecule has 0 N–H and O–H groups in total. The summed E-state index contributed by atoms with van der Waals surface area (Å²) in [5.41, 5.74) is 0. The van der Waals surface area contributed by atoms with Gasteiger partial charge in [-0.1, -0.05) is 0 Å². The van der Waals surface area contributed by atoms with Crippen molar-refractivity contribution in [1.29, 1.82) is 0 Å². The van der Waals surface area contributed by atoms with E-state index in [0.29, 0.717) is 5.92 Å². The molecule has 116 valence electrons. The van der Waals surface area contributed by atoms with Gasteiger partial charge in [-0.25, -0.2) is 0 Å². The van der Waals surface area contributed by atoms with Crippen LogP contribution in [0.4, 0.5) is 0 Å². The number of hydrogen-bond donors (Lipinski definition) is 0. The van der Waals surface area contributed by atoms with E-state index in [-0.39, 0.29) is 0 Å². The fourth-order valence-electron chi connectivity index (χ4n) is 3.63. The molecule has 0 radical (unpaired) electrons. The van der Waals surface area contributed by atoms with Crippen LogP contribution in [0.3, 0.4) is 0 Å². The number of hydrogen-bond acceptors (Lipinski definition) is 0. The molecule has 0 aliphatic carbocycles. The molecule has 0 fully saturated rings. The molecular weight excluding hydrogens is 383 g/mol. The summed E-state index contributed by atoms with van der Waals surface area (Å²) in [7, 11) is 0. The third-order valence-electron chi connectivity index (χ3n) is 4.51. The van der Waals surface area contributed by atoms with Gasteiger partial charge in [0.15, 0.2) is 0 Å².